The van der Waals surface area contributed by atoms with Gasteiger partial charge in [-0.25, -0.2) is 0 Å². The molecule has 0 aliphatic carbocycles. The number of carbonyl (C=O) groups is 2. The molecular formula is C7H13N3O2. The highest BCUT2D eigenvalue weighted by Crippen LogP contribution is 1.97. The van der Waals surface area contributed by atoms with Crippen LogP contribution in [0.4, 0.5) is 0 Å². The van der Waals surface area contributed by atoms with Gasteiger partial charge < -0.3 is 11.1 Å². The summed E-state index contributed by atoms with van der Waals surface area (Å²) in [6.07, 6.45) is 0. The second-order valence-electron chi connectivity index (χ2n) is 3.10. The number of rotatable bonds is 2. The third-order valence-electron chi connectivity index (χ3n) is 1.69. The first-order valence-electron chi connectivity index (χ1n) is 3.88. The van der Waals surface area contributed by atoms with Crippen molar-refractivity contribution in [3.8, 4) is 0 Å². The van der Waals surface area contributed by atoms with Crippen LogP contribution in [0.15, 0.2) is 0 Å². The molecule has 1 saturated heterocycles. The van der Waals surface area contributed by atoms with Crippen LogP contribution in [-0.4, -0.2) is 42.4 Å². The van der Waals surface area contributed by atoms with Gasteiger partial charge in [0.15, 0.2) is 0 Å². The van der Waals surface area contributed by atoms with Gasteiger partial charge >= 0.3 is 0 Å². The minimum Gasteiger partial charge on any atom is -0.369 e. The van der Waals surface area contributed by atoms with Gasteiger partial charge in [-0.15, -0.1) is 0 Å². The van der Waals surface area contributed by atoms with E-state index in [4.69, 9.17) is 5.73 Å². The number of nitrogens with zero attached hydrogens (tertiary/aromatic N) is 1. The lowest BCUT2D eigenvalue weighted by Crippen LogP contribution is -2.54. The molecule has 0 aromatic heterocycles. The third-order valence-corrected chi connectivity index (χ3v) is 1.69. The molecule has 0 radical (unpaired) electrons. The Morgan fingerprint density at radius 1 is 1.83 bits per heavy atom. The van der Waals surface area contributed by atoms with E-state index >= 15 is 0 Å². The van der Waals surface area contributed by atoms with Gasteiger partial charge in [-0.3, -0.25) is 14.5 Å². The second-order valence-corrected chi connectivity index (χ2v) is 3.10. The van der Waals surface area contributed by atoms with E-state index < -0.39 is 5.91 Å². The van der Waals surface area contributed by atoms with Gasteiger partial charge in [0.2, 0.25) is 11.8 Å². The summed E-state index contributed by atoms with van der Waals surface area (Å²) in [6.45, 7) is 3.02. The number of nitrogens with one attached hydrogen (secondary N) is 1. The van der Waals surface area contributed by atoms with Crippen molar-refractivity contribution in [3.05, 3.63) is 0 Å². The molecule has 5 heteroatoms. The summed E-state index contributed by atoms with van der Waals surface area (Å²) in [5.41, 5.74) is 5.00. The standard InChI is InChI=1S/C7H13N3O2/c1-5-2-10(3-6(8)11)4-7(12)9-5/h5H,2-4H2,1H3,(H2,8,11)(H,9,12). The van der Waals surface area contributed by atoms with Crippen molar-refractivity contribution in [2.75, 3.05) is 19.6 Å². The Balaban J connectivity index is 2.44. The van der Waals surface area contributed by atoms with Crippen molar-refractivity contribution in [1.29, 1.82) is 0 Å². The summed E-state index contributed by atoms with van der Waals surface area (Å²) in [5, 5.41) is 2.75. The molecule has 1 aliphatic rings. The average Bonchev–Trinajstić information content (AvgIpc) is 1.81. The first kappa shape index (κ1) is 8.99. The van der Waals surface area contributed by atoms with Crippen LogP contribution in [0.25, 0.3) is 0 Å². The van der Waals surface area contributed by atoms with E-state index in [0.717, 1.165) is 0 Å². The average molecular weight is 171 g/mol. The van der Waals surface area contributed by atoms with E-state index in [1.165, 1.54) is 0 Å². The van der Waals surface area contributed by atoms with Crippen LogP contribution >= 0.6 is 0 Å². The van der Waals surface area contributed by atoms with Crippen LogP contribution in [0.3, 0.4) is 0 Å². The maximum Gasteiger partial charge on any atom is 0.234 e. The van der Waals surface area contributed by atoms with Crippen LogP contribution in [0, 0.1) is 0 Å². The van der Waals surface area contributed by atoms with Crippen LogP contribution in [0.2, 0.25) is 0 Å². The summed E-state index contributed by atoms with van der Waals surface area (Å²) < 4.78 is 0. The third kappa shape index (κ3) is 2.50. The van der Waals surface area contributed by atoms with Crippen molar-refractivity contribution >= 4 is 11.8 Å². The highest BCUT2D eigenvalue weighted by molar-refractivity contribution is 5.81. The largest absolute Gasteiger partial charge is 0.369 e. The maximum atomic E-state index is 11.0. The molecule has 1 unspecified atom stereocenters. The Kier molecular flexibility index (Phi) is 2.65. The molecule has 68 valence electrons. The van der Waals surface area contributed by atoms with Gasteiger partial charge in [0.1, 0.15) is 0 Å². The molecule has 0 spiro atoms. The fraction of sp³-hybridized carbons (Fsp3) is 0.714. The van der Waals surface area contributed by atoms with Crippen molar-refractivity contribution in [2.24, 2.45) is 5.73 Å². The number of primary amides is 1. The summed E-state index contributed by atoms with van der Waals surface area (Å²) in [7, 11) is 0. The Labute approximate surface area is 70.9 Å². The number of amides is 2. The normalized spacial score (nSPS) is 25.1. The topological polar surface area (TPSA) is 75.4 Å². The summed E-state index contributed by atoms with van der Waals surface area (Å²) in [5.74, 6) is -0.438. The molecule has 1 aliphatic heterocycles. The van der Waals surface area contributed by atoms with E-state index in [0.29, 0.717) is 6.54 Å². The minimum absolute atomic E-state index is 0.0463. The zero-order valence-electron chi connectivity index (χ0n) is 7.04. The van der Waals surface area contributed by atoms with Gasteiger partial charge in [0, 0.05) is 12.6 Å². The fourth-order valence-electron chi connectivity index (χ4n) is 1.36. The molecular weight excluding hydrogens is 158 g/mol. The molecule has 1 rings (SSSR count). The number of piperazine rings is 1. The van der Waals surface area contributed by atoms with Gasteiger partial charge in [-0.05, 0) is 6.92 Å². The minimum atomic E-state index is -0.392. The Bertz CT molecular complexity index is 203. The van der Waals surface area contributed by atoms with Gasteiger partial charge in [0.25, 0.3) is 0 Å². The molecule has 0 aromatic rings. The van der Waals surface area contributed by atoms with E-state index in [2.05, 4.69) is 5.32 Å². The Hall–Kier alpha value is -1.10. The molecule has 0 saturated carbocycles. The number of hydrogen-bond donors (Lipinski definition) is 2. The van der Waals surface area contributed by atoms with E-state index in [1.807, 2.05) is 6.92 Å². The van der Waals surface area contributed by atoms with E-state index in [-0.39, 0.29) is 25.0 Å². The second kappa shape index (κ2) is 3.53. The lowest BCUT2D eigenvalue weighted by molar-refractivity contribution is -0.127. The van der Waals surface area contributed by atoms with Gasteiger partial charge in [-0.1, -0.05) is 0 Å². The summed E-state index contributed by atoms with van der Waals surface area (Å²) >= 11 is 0. The molecule has 1 fully saturated rings. The monoisotopic (exact) mass is 171 g/mol. The quantitative estimate of drug-likeness (QED) is 0.519. The van der Waals surface area contributed by atoms with Crippen LogP contribution < -0.4 is 11.1 Å². The zero-order chi connectivity index (χ0) is 9.14. The molecule has 1 heterocycles. The van der Waals surface area contributed by atoms with Crippen molar-refractivity contribution < 1.29 is 9.59 Å². The molecule has 5 nitrogen and oxygen atoms in total. The van der Waals surface area contributed by atoms with Crippen molar-refractivity contribution in [2.45, 2.75) is 13.0 Å². The molecule has 0 bridgehead atoms. The number of nitrogens with two attached hydrogens (primary N) is 1. The lowest BCUT2D eigenvalue weighted by atomic mass is 10.2. The molecule has 3 N–H and O–H groups in total. The molecule has 2 amide bonds. The Morgan fingerprint density at radius 2 is 2.50 bits per heavy atom. The maximum absolute atomic E-state index is 11.0. The zero-order valence-corrected chi connectivity index (χ0v) is 7.04. The molecule has 0 aromatic carbocycles. The Morgan fingerprint density at radius 3 is 3.00 bits per heavy atom. The first-order chi connectivity index (χ1) is 5.58. The van der Waals surface area contributed by atoms with E-state index in [1.54, 1.807) is 4.90 Å². The van der Waals surface area contributed by atoms with E-state index in [9.17, 15) is 9.59 Å². The molecule has 1 atom stereocenters. The van der Waals surface area contributed by atoms with Crippen LogP contribution in [-0.2, 0) is 9.59 Å². The summed E-state index contributed by atoms with van der Waals surface area (Å²) in [4.78, 5) is 23.2. The predicted molar refractivity (Wildman–Crippen MR) is 43.2 cm³/mol. The van der Waals surface area contributed by atoms with Gasteiger partial charge in [-0.2, -0.15) is 0 Å². The van der Waals surface area contributed by atoms with Crippen molar-refractivity contribution in [1.82, 2.24) is 10.2 Å². The van der Waals surface area contributed by atoms with Crippen LogP contribution in [0.5, 0.6) is 0 Å². The summed E-state index contributed by atoms with van der Waals surface area (Å²) in [6, 6.07) is 0.102. The highest BCUT2D eigenvalue weighted by atomic mass is 16.2. The van der Waals surface area contributed by atoms with Crippen molar-refractivity contribution in [3.63, 3.8) is 0 Å². The first-order valence-corrected chi connectivity index (χ1v) is 3.88. The van der Waals surface area contributed by atoms with Crippen LogP contribution in [0.1, 0.15) is 6.92 Å². The number of carbonyl (C=O) groups excluding carboxylic acids is 2. The van der Waals surface area contributed by atoms with Gasteiger partial charge in [0.05, 0.1) is 13.1 Å². The number of hydrogen-bond acceptors (Lipinski definition) is 3. The smallest absolute Gasteiger partial charge is 0.234 e. The SMILES string of the molecule is CC1CN(CC(N)=O)CC(=O)N1. The molecule has 12 heavy (non-hydrogen) atoms. The highest BCUT2D eigenvalue weighted by Gasteiger charge is 2.21. The fourth-order valence-corrected chi connectivity index (χ4v) is 1.36. The lowest BCUT2D eigenvalue weighted by Gasteiger charge is -2.29. The predicted octanol–water partition coefficient (Wildman–Crippen LogP) is -1.71.